The molecule has 0 aliphatic rings. The first-order chi connectivity index (χ1) is 14.0. The Labute approximate surface area is 165 Å². The van der Waals surface area contributed by atoms with Crippen molar-refractivity contribution in [2.45, 2.75) is 6.92 Å². The van der Waals surface area contributed by atoms with Gasteiger partial charge in [-0.2, -0.15) is 0 Å². The number of para-hydroxylation sites is 1. The van der Waals surface area contributed by atoms with Crippen molar-refractivity contribution in [2.24, 2.45) is 0 Å². The molecule has 0 fully saturated rings. The smallest absolute Gasteiger partial charge is 0.340 e. The molecule has 0 saturated carbocycles. The van der Waals surface area contributed by atoms with Gasteiger partial charge >= 0.3 is 5.97 Å². The van der Waals surface area contributed by atoms with Gasteiger partial charge in [-0.3, -0.25) is 9.78 Å². The molecule has 0 unspecified atom stereocenters. The number of nitrogens with one attached hydrogen (secondary N) is 2. The number of halogens is 2. The van der Waals surface area contributed by atoms with Crippen molar-refractivity contribution in [2.75, 3.05) is 17.2 Å². The van der Waals surface area contributed by atoms with Gasteiger partial charge in [0.1, 0.15) is 17.3 Å². The molecule has 1 amide bonds. The summed E-state index contributed by atoms with van der Waals surface area (Å²) in [7, 11) is 0. The largest absolute Gasteiger partial charge is 0.462 e. The van der Waals surface area contributed by atoms with E-state index in [-0.39, 0.29) is 29.2 Å². The molecule has 0 radical (unpaired) electrons. The van der Waals surface area contributed by atoms with E-state index in [0.717, 1.165) is 12.1 Å². The minimum atomic E-state index is -0.767. The highest BCUT2D eigenvalue weighted by molar-refractivity contribution is 6.07. The summed E-state index contributed by atoms with van der Waals surface area (Å²) in [6.45, 7) is 1.89. The molecule has 6 nitrogen and oxygen atoms in total. The fourth-order valence-corrected chi connectivity index (χ4v) is 2.54. The van der Waals surface area contributed by atoms with Gasteiger partial charge in [0.2, 0.25) is 0 Å². The molecule has 0 aliphatic carbocycles. The zero-order valence-electron chi connectivity index (χ0n) is 15.4. The Balaban J connectivity index is 1.79. The summed E-state index contributed by atoms with van der Waals surface area (Å²) >= 11 is 0. The lowest BCUT2D eigenvalue weighted by Crippen LogP contribution is -2.17. The Morgan fingerprint density at radius 1 is 1.03 bits per heavy atom. The topological polar surface area (TPSA) is 80.3 Å². The highest BCUT2D eigenvalue weighted by atomic mass is 19.1. The third kappa shape index (κ3) is 4.92. The third-order valence-corrected chi connectivity index (χ3v) is 3.87. The Kier molecular flexibility index (Phi) is 6.13. The minimum absolute atomic E-state index is 0.0381. The van der Waals surface area contributed by atoms with Gasteiger partial charge in [-0.05, 0) is 43.3 Å². The van der Waals surface area contributed by atoms with E-state index in [4.69, 9.17) is 4.74 Å². The number of ether oxygens (including phenoxy) is 1. The van der Waals surface area contributed by atoms with Crippen LogP contribution in [-0.4, -0.2) is 23.5 Å². The van der Waals surface area contributed by atoms with Crippen LogP contribution in [0.25, 0.3) is 0 Å². The lowest BCUT2D eigenvalue weighted by atomic mass is 10.1. The number of nitrogens with zero attached hydrogens (tertiary/aromatic N) is 1. The summed E-state index contributed by atoms with van der Waals surface area (Å²) in [5, 5.41) is 5.39. The molecule has 3 rings (SSSR count). The van der Waals surface area contributed by atoms with Crippen molar-refractivity contribution in [3.05, 3.63) is 83.7 Å². The molecule has 0 aliphatic heterocycles. The van der Waals surface area contributed by atoms with Gasteiger partial charge < -0.3 is 15.4 Å². The second-order valence-electron chi connectivity index (χ2n) is 5.90. The molecule has 29 heavy (non-hydrogen) atoms. The first-order valence-electron chi connectivity index (χ1n) is 8.73. The maximum Gasteiger partial charge on any atom is 0.340 e. The molecular formula is C21H17F2N3O3. The Morgan fingerprint density at radius 3 is 2.59 bits per heavy atom. The van der Waals surface area contributed by atoms with Crippen LogP contribution >= 0.6 is 0 Å². The number of anilines is 3. The average molecular weight is 397 g/mol. The highest BCUT2D eigenvalue weighted by Gasteiger charge is 2.16. The van der Waals surface area contributed by atoms with Gasteiger partial charge in [-0.1, -0.05) is 12.1 Å². The molecule has 0 spiro atoms. The lowest BCUT2D eigenvalue weighted by molar-refractivity contribution is 0.0527. The number of carbonyl (C=O) groups is 2. The first kappa shape index (κ1) is 19.9. The predicted octanol–water partition coefficient (Wildman–Crippen LogP) is 4.53. The number of carbonyl (C=O) groups excluding carboxylic acids is 2. The quantitative estimate of drug-likeness (QED) is 0.598. The average Bonchev–Trinajstić information content (AvgIpc) is 2.71. The maximum atomic E-state index is 13.8. The highest BCUT2D eigenvalue weighted by Crippen LogP contribution is 2.22. The van der Waals surface area contributed by atoms with Gasteiger partial charge in [0.15, 0.2) is 0 Å². The summed E-state index contributed by atoms with van der Waals surface area (Å²) < 4.78 is 31.8. The summed E-state index contributed by atoms with van der Waals surface area (Å²) in [5.74, 6) is -2.58. The van der Waals surface area contributed by atoms with E-state index in [1.807, 2.05) is 0 Å². The number of pyridine rings is 1. The molecule has 3 aromatic rings. The summed E-state index contributed by atoms with van der Waals surface area (Å²) in [6, 6.07) is 12.5. The van der Waals surface area contributed by atoms with Crippen LogP contribution in [0.15, 0.2) is 60.8 Å². The number of amides is 1. The molecule has 1 heterocycles. The number of hydrogen-bond donors (Lipinski definition) is 2. The fraction of sp³-hybridized carbons (Fsp3) is 0.0952. The molecule has 8 heteroatoms. The summed E-state index contributed by atoms with van der Waals surface area (Å²) in [4.78, 5) is 28.6. The molecule has 1 aromatic heterocycles. The van der Waals surface area contributed by atoms with E-state index in [9.17, 15) is 18.4 Å². The molecule has 0 bridgehead atoms. The zero-order chi connectivity index (χ0) is 20.8. The van der Waals surface area contributed by atoms with E-state index in [2.05, 4.69) is 15.6 Å². The van der Waals surface area contributed by atoms with Gasteiger partial charge in [0.25, 0.3) is 5.91 Å². The molecule has 0 saturated heterocycles. The van der Waals surface area contributed by atoms with Crippen LogP contribution in [-0.2, 0) is 4.74 Å². The Hall–Kier alpha value is -3.81. The zero-order valence-corrected chi connectivity index (χ0v) is 15.4. The normalized spacial score (nSPS) is 10.3. The molecular weight excluding hydrogens is 380 g/mol. The van der Waals surface area contributed by atoms with Crippen molar-refractivity contribution in [3.63, 3.8) is 0 Å². The van der Waals surface area contributed by atoms with Gasteiger partial charge in [0.05, 0.1) is 23.5 Å². The van der Waals surface area contributed by atoms with E-state index in [0.29, 0.717) is 5.69 Å². The van der Waals surface area contributed by atoms with Crippen LogP contribution < -0.4 is 10.6 Å². The second-order valence-corrected chi connectivity index (χ2v) is 5.90. The molecule has 2 N–H and O–H groups in total. The Morgan fingerprint density at radius 2 is 1.83 bits per heavy atom. The van der Waals surface area contributed by atoms with Crippen molar-refractivity contribution in [3.8, 4) is 0 Å². The van der Waals surface area contributed by atoms with E-state index in [1.54, 1.807) is 25.1 Å². The van der Waals surface area contributed by atoms with E-state index < -0.39 is 23.5 Å². The monoisotopic (exact) mass is 397 g/mol. The molecule has 2 aromatic carbocycles. The number of benzene rings is 2. The van der Waals surface area contributed by atoms with E-state index in [1.165, 1.54) is 30.5 Å². The summed E-state index contributed by atoms with van der Waals surface area (Å²) in [5.41, 5.74) is 0.966. The lowest BCUT2D eigenvalue weighted by Gasteiger charge is -2.11. The van der Waals surface area contributed by atoms with Crippen LogP contribution in [0.5, 0.6) is 0 Å². The SMILES string of the molecule is CCOC(=O)c1ccccc1NC(=O)c1cc(Nc2ccc(F)cc2F)ccn1. The van der Waals surface area contributed by atoms with Crippen molar-refractivity contribution >= 4 is 28.9 Å². The molecule has 0 atom stereocenters. The fourth-order valence-electron chi connectivity index (χ4n) is 2.54. The standard InChI is InChI=1S/C21H17F2N3O3/c1-2-29-21(28)15-5-3-4-6-17(15)26-20(27)19-12-14(9-10-24-19)25-18-8-7-13(22)11-16(18)23/h3-12H,2H2,1H3,(H,24,25)(H,26,27). The van der Waals surface area contributed by atoms with Gasteiger partial charge in [-0.15, -0.1) is 0 Å². The van der Waals surface area contributed by atoms with Crippen LogP contribution in [0.2, 0.25) is 0 Å². The van der Waals surface area contributed by atoms with Crippen LogP contribution in [0.3, 0.4) is 0 Å². The molecule has 148 valence electrons. The van der Waals surface area contributed by atoms with Crippen LogP contribution in [0.1, 0.15) is 27.8 Å². The van der Waals surface area contributed by atoms with Crippen LogP contribution in [0, 0.1) is 11.6 Å². The third-order valence-electron chi connectivity index (χ3n) is 3.87. The number of esters is 1. The van der Waals surface area contributed by atoms with Gasteiger partial charge in [-0.25, -0.2) is 13.6 Å². The van der Waals surface area contributed by atoms with Crippen molar-refractivity contribution in [1.82, 2.24) is 4.98 Å². The Bertz CT molecular complexity index is 1060. The summed E-state index contributed by atoms with van der Waals surface area (Å²) in [6.07, 6.45) is 1.37. The number of hydrogen-bond acceptors (Lipinski definition) is 5. The van der Waals surface area contributed by atoms with Crippen molar-refractivity contribution in [1.29, 1.82) is 0 Å². The van der Waals surface area contributed by atoms with Crippen LogP contribution in [0.4, 0.5) is 25.8 Å². The van der Waals surface area contributed by atoms with Gasteiger partial charge in [0, 0.05) is 18.0 Å². The second kappa shape index (κ2) is 8.92. The number of aromatic nitrogens is 1. The first-order valence-corrected chi connectivity index (χ1v) is 8.73. The number of rotatable bonds is 6. The van der Waals surface area contributed by atoms with E-state index >= 15 is 0 Å². The van der Waals surface area contributed by atoms with Crippen molar-refractivity contribution < 1.29 is 23.1 Å². The maximum absolute atomic E-state index is 13.8. The minimum Gasteiger partial charge on any atom is -0.462 e. The predicted molar refractivity (Wildman–Crippen MR) is 104 cm³/mol.